The van der Waals surface area contributed by atoms with Crippen LogP contribution in [0.1, 0.15) is 45.4 Å². The van der Waals surface area contributed by atoms with Crippen molar-refractivity contribution < 1.29 is 9.59 Å². The van der Waals surface area contributed by atoms with Gasteiger partial charge in [-0.3, -0.25) is 9.59 Å². The number of carbonyl (C=O) groups excluding carboxylic acids is 2. The number of amides is 2. The molecule has 1 rings (SSSR count). The Balaban J connectivity index is 2.36. The van der Waals surface area contributed by atoms with Crippen LogP contribution >= 0.6 is 0 Å². The largest absolute Gasteiger partial charge is 0.356 e. The number of hydrogen-bond donors (Lipinski definition) is 3. The molecule has 1 fully saturated rings. The van der Waals surface area contributed by atoms with E-state index in [2.05, 4.69) is 10.6 Å². The second-order valence-electron chi connectivity index (χ2n) is 5.00. The maximum Gasteiger partial charge on any atom is 0.227 e. The third-order valence-electron chi connectivity index (χ3n) is 3.69. The van der Waals surface area contributed by atoms with Gasteiger partial charge in [-0.2, -0.15) is 0 Å². The number of carbonyl (C=O) groups is 2. The van der Waals surface area contributed by atoms with E-state index in [9.17, 15) is 9.59 Å². The topological polar surface area (TPSA) is 84.2 Å². The van der Waals surface area contributed by atoms with Crippen LogP contribution in [-0.4, -0.2) is 31.4 Å². The Hall–Kier alpha value is -1.10. The van der Waals surface area contributed by atoms with Crippen molar-refractivity contribution in [3.8, 4) is 0 Å². The van der Waals surface area contributed by atoms with E-state index in [1.807, 2.05) is 6.92 Å². The Labute approximate surface area is 109 Å². The molecule has 0 radical (unpaired) electrons. The van der Waals surface area contributed by atoms with Crippen LogP contribution in [0.3, 0.4) is 0 Å². The molecule has 4 N–H and O–H groups in total. The highest BCUT2D eigenvalue weighted by atomic mass is 16.2. The molecule has 0 aromatic rings. The summed E-state index contributed by atoms with van der Waals surface area (Å²) < 4.78 is 0. The van der Waals surface area contributed by atoms with Crippen molar-refractivity contribution >= 4 is 11.8 Å². The fraction of sp³-hybridized carbons (Fsp3) is 0.846. The lowest BCUT2D eigenvalue weighted by Crippen LogP contribution is -2.47. The van der Waals surface area contributed by atoms with Gasteiger partial charge in [-0.1, -0.05) is 19.3 Å². The predicted molar refractivity (Wildman–Crippen MR) is 70.9 cm³/mol. The van der Waals surface area contributed by atoms with Gasteiger partial charge in [0.25, 0.3) is 0 Å². The molecule has 18 heavy (non-hydrogen) atoms. The summed E-state index contributed by atoms with van der Waals surface area (Å²) in [6.07, 6.45) is 5.41. The van der Waals surface area contributed by atoms with Crippen LogP contribution in [0.5, 0.6) is 0 Å². The monoisotopic (exact) mass is 255 g/mol. The molecule has 0 aromatic carbocycles. The highest BCUT2D eigenvalue weighted by Crippen LogP contribution is 2.35. The Morgan fingerprint density at radius 2 is 1.83 bits per heavy atom. The smallest absolute Gasteiger partial charge is 0.227 e. The summed E-state index contributed by atoms with van der Waals surface area (Å²) >= 11 is 0. The van der Waals surface area contributed by atoms with Crippen LogP contribution in [0.25, 0.3) is 0 Å². The molecule has 0 saturated heterocycles. The molecule has 0 spiro atoms. The Bertz CT molecular complexity index is 286. The molecule has 0 aromatic heterocycles. The van der Waals surface area contributed by atoms with Crippen LogP contribution in [-0.2, 0) is 9.59 Å². The molecule has 104 valence electrons. The molecule has 0 heterocycles. The van der Waals surface area contributed by atoms with Crippen molar-refractivity contribution in [1.29, 1.82) is 0 Å². The molecule has 5 heteroatoms. The maximum atomic E-state index is 12.2. The summed E-state index contributed by atoms with van der Waals surface area (Å²) in [5, 5.41) is 5.56. The molecule has 2 amide bonds. The van der Waals surface area contributed by atoms with Gasteiger partial charge in [0.2, 0.25) is 11.8 Å². The van der Waals surface area contributed by atoms with Crippen LogP contribution in [0.15, 0.2) is 0 Å². The number of rotatable bonds is 6. The third-order valence-corrected chi connectivity index (χ3v) is 3.69. The zero-order valence-electron chi connectivity index (χ0n) is 11.3. The first-order chi connectivity index (χ1) is 8.64. The van der Waals surface area contributed by atoms with Gasteiger partial charge in [0.05, 0.1) is 5.41 Å². The van der Waals surface area contributed by atoms with Crippen molar-refractivity contribution in [1.82, 2.24) is 10.6 Å². The Morgan fingerprint density at radius 1 is 1.17 bits per heavy atom. The molecule has 0 bridgehead atoms. The van der Waals surface area contributed by atoms with E-state index in [0.29, 0.717) is 26.1 Å². The van der Waals surface area contributed by atoms with Gasteiger partial charge in [0.15, 0.2) is 0 Å². The molecule has 0 aliphatic heterocycles. The van der Waals surface area contributed by atoms with Gasteiger partial charge < -0.3 is 16.4 Å². The van der Waals surface area contributed by atoms with Gasteiger partial charge in [-0.15, -0.1) is 0 Å². The number of hydrogen-bond acceptors (Lipinski definition) is 3. The maximum absolute atomic E-state index is 12.2. The Kier molecular flexibility index (Phi) is 6.12. The lowest BCUT2D eigenvalue weighted by molar-refractivity contribution is -0.132. The van der Waals surface area contributed by atoms with Crippen LogP contribution < -0.4 is 16.4 Å². The summed E-state index contributed by atoms with van der Waals surface area (Å²) in [5.74, 6) is -0.00255. The minimum atomic E-state index is -0.389. The van der Waals surface area contributed by atoms with Crippen molar-refractivity contribution in [2.24, 2.45) is 11.1 Å². The van der Waals surface area contributed by atoms with Gasteiger partial charge in [-0.05, 0) is 19.8 Å². The zero-order valence-corrected chi connectivity index (χ0v) is 11.3. The number of nitrogens with one attached hydrogen (secondary N) is 2. The molecule has 1 saturated carbocycles. The summed E-state index contributed by atoms with van der Waals surface area (Å²) in [6, 6.07) is 0. The first-order valence-corrected chi connectivity index (χ1v) is 6.89. The van der Waals surface area contributed by atoms with Gasteiger partial charge in [0.1, 0.15) is 0 Å². The average molecular weight is 255 g/mol. The van der Waals surface area contributed by atoms with Crippen molar-refractivity contribution in [2.75, 3.05) is 19.6 Å². The number of nitrogens with two attached hydrogens (primary N) is 1. The van der Waals surface area contributed by atoms with Crippen LogP contribution in [0.4, 0.5) is 0 Å². The summed E-state index contributed by atoms with van der Waals surface area (Å²) in [5.41, 5.74) is 5.39. The minimum Gasteiger partial charge on any atom is -0.356 e. The van der Waals surface area contributed by atoms with Gasteiger partial charge in [-0.25, -0.2) is 0 Å². The van der Waals surface area contributed by atoms with Crippen molar-refractivity contribution in [2.45, 2.75) is 45.4 Å². The van der Waals surface area contributed by atoms with E-state index in [1.165, 1.54) is 6.42 Å². The SMILES string of the molecule is CCNC(=O)CCNC(=O)C1(CN)CCCCC1. The lowest BCUT2D eigenvalue weighted by atomic mass is 9.73. The highest BCUT2D eigenvalue weighted by molar-refractivity contribution is 5.83. The molecule has 0 atom stereocenters. The van der Waals surface area contributed by atoms with E-state index in [-0.39, 0.29) is 17.2 Å². The quantitative estimate of drug-likeness (QED) is 0.647. The fourth-order valence-electron chi connectivity index (χ4n) is 2.52. The highest BCUT2D eigenvalue weighted by Gasteiger charge is 2.37. The third kappa shape index (κ3) is 3.98. The predicted octanol–water partition coefficient (Wildman–Crippen LogP) is 0.538. The normalized spacial score (nSPS) is 18.1. The lowest BCUT2D eigenvalue weighted by Gasteiger charge is -2.34. The molecule has 5 nitrogen and oxygen atoms in total. The van der Waals surface area contributed by atoms with Crippen molar-refractivity contribution in [3.63, 3.8) is 0 Å². The zero-order chi connectivity index (χ0) is 13.4. The van der Waals surface area contributed by atoms with Crippen LogP contribution in [0, 0.1) is 5.41 Å². The van der Waals surface area contributed by atoms with E-state index in [0.717, 1.165) is 25.7 Å². The summed E-state index contributed by atoms with van der Waals surface area (Å²) in [7, 11) is 0. The van der Waals surface area contributed by atoms with E-state index < -0.39 is 0 Å². The second kappa shape index (κ2) is 7.36. The standard InChI is InChI=1S/C13H25N3O2/c1-2-15-11(17)6-9-16-12(18)13(10-14)7-4-3-5-8-13/h2-10,14H2,1H3,(H,15,17)(H,16,18). The second-order valence-corrected chi connectivity index (χ2v) is 5.00. The molecule has 0 unspecified atom stereocenters. The summed E-state index contributed by atoms with van der Waals surface area (Å²) in [4.78, 5) is 23.4. The van der Waals surface area contributed by atoms with E-state index in [4.69, 9.17) is 5.73 Å². The van der Waals surface area contributed by atoms with E-state index in [1.54, 1.807) is 0 Å². The summed E-state index contributed by atoms with van der Waals surface area (Å²) in [6.45, 7) is 3.30. The first kappa shape index (κ1) is 15.0. The van der Waals surface area contributed by atoms with Gasteiger partial charge >= 0.3 is 0 Å². The Morgan fingerprint density at radius 3 is 2.39 bits per heavy atom. The molecule has 1 aliphatic rings. The minimum absolute atomic E-state index is 0.0222. The average Bonchev–Trinajstić information content (AvgIpc) is 2.39. The van der Waals surface area contributed by atoms with E-state index >= 15 is 0 Å². The van der Waals surface area contributed by atoms with Gasteiger partial charge in [0, 0.05) is 26.1 Å². The fourth-order valence-corrected chi connectivity index (χ4v) is 2.52. The van der Waals surface area contributed by atoms with Crippen LogP contribution in [0.2, 0.25) is 0 Å². The van der Waals surface area contributed by atoms with Crippen molar-refractivity contribution in [3.05, 3.63) is 0 Å². The first-order valence-electron chi connectivity index (χ1n) is 6.89. The molecular weight excluding hydrogens is 230 g/mol. The molecular formula is C13H25N3O2. The molecule has 1 aliphatic carbocycles.